The van der Waals surface area contributed by atoms with Crippen molar-refractivity contribution in [1.29, 1.82) is 5.41 Å². The number of aryl methyl sites for hydroxylation is 1. The maximum absolute atomic E-state index is 13.2. The maximum atomic E-state index is 13.2. The molecule has 2 aromatic heterocycles. The average molecular weight is 452 g/mol. The first kappa shape index (κ1) is 23.6. The molecule has 3 rings (SSSR count). The van der Waals surface area contributed by atoms with Gasteiger partial charge in [-0.25, -0.2) is 23.8 Å². The summed E-state index contributed by atoms with van der Waals surface area (Å²) in [4.78, 5) is 20.8. The highest BCUT2D eigenvalue weighted by Gasteiger charge is 2.21. The minimum absolute atomic E-state index is 0.272. The highest BCUT2D eigenvalue weighted by Crippen LogP contribution is 2.20. The molecular weight excluding hydrogens is 425 g/mol. The number of nitrogens with one attached hydrogen (secondary N) is 3. The van der Waals surface area contributed by atoms with Crippen LogP contribution in [-0.4, -0.2) is 38.0 Å². The Balaban J connectivity index is 1.91. The van der Waals surface area contributed by atoms with Gasteiger partial charge in [-0.2, -0.15) is 5.10 Å². The van der Waals surface area contributed by atoms with Crippen molar-refractivity contribution in [3.05, 3.63) is 70.8 Å². The first-order valence-corrected chi connectivity index (χ1v) is 10.3. The summed E-state index contributed by atoms with van der Waals surface area (Å²) in [6.45, 7) is 8.98. The smallest absolute Gasteiger partial charge is 0.341 e. The first-order chi connectivity index (χ1) is 15.7. The van der Waals surface area contributed by atoms with Gasteiger partial charge in [0.2, 0.25) is 0 Å². The Kier molecular flexibility index (Phi) is 7.17. The SMILES string of the molecule is CCOC(=O)c1c(C)nn(-c2cc(N/C(C(C)=N)=C(\C)Nc3ccc(F)cc3)ncn2)c1C. The molecule has 3 N–H and O–H groups in total. The molecule has 3 aromatic rings. The second kappa shape index (κ2) is 10.0. The van der Waals surface area contributed by atoms with E-state index in [1.807, 2.05) is 0 Å². The highest BCUT2D eigenvalue weighted by molar-refractivity contribution is 5.99. The lowest BCUT2D eigenvalue weighted by Crippen LogP contribution is -2.15. The average Bonchev–Trinajstić information content (AvgIpc) is 3.07. The number of nitrogens with zero attached hydrogens (tertiary/aromatic N) is 4. The second-order valence-electron chi connectivity index (χ2n) is 7.32. The van der Waals surface area contributed by atoms with Crippen molar-refractivity contribution < 1.29 is 13.9 Å². The lowest BCUT2D eigenvalue weighted by molar-refractivity contribution is 0.0524. The molecule has 0 aliphatic carbocycles. The molecule has 0 spiro atoms. The van der Waals surface area contributed by atoms with Crippen LogP contribution in [0.1, 0.15) is 42.5 Å². The number of hydrogen-bond donors (Lipinski definition) is 3. The number of esters is 1. The van der Waals surface area contributed by atoms with Crippen LogP contribution in [0.25, 0.3) is 5.82 Å². The molecule has 0 amide bonds. The summed E-state index contributed by atoms with van der Waals surface area (Å²) in [6, 6.07) is 7.61. The van der Waals surface area contributed by atoms with Gasteiger partial charge in [-0.1, -0.05) is 0 Å². The van der Waals surface area contributed by atoms with Gasteiger partial charge >= 0.3 is 5.97 Å². The van der Waals surface area contributed by atoms with Crippen LogP contribution in [0.15, 0.2) is 48.1 Å². The summed E-state index contributed by atoms with van der Waals surface area (Å²) in [5.41, 5.74) is 3.66. The number of rotatable bonds is 8. The van der Waals surface area contributed by atoms with Crippen molar-refractivity contribution in [3.8, 4) is 5.82 Å². The number of hydrogen-bond acceptors (Lipinski definition) is 8. The Morgan fingerprint density at radius 1 is 1.15 bits per heavy atom. The summed E-state index contributed by atoms with van der Waals surface area (Å²) in [7, 11) is 0. The molecular formula is C23H26FN7O2. The number of benzene rings is 1. The van der Waals surface area contributed by atoms with Crippen LogP contribution in [0.2, 0.25) is 0 Å². The van der Waals surface area contributed by atoms with E-state index >= 15 is 0 Å². The fourth-order valence-electron chi connectivity index (χ4n) is 3.30. The zero-order valence-electron chi connectivity index (χ0n) is 19.2. The molecule has 0 aliphatic heterocycles. The Morgan fingerprint density at radius 3 is 2.48 bits per heavy atom. The number of ether oxygens (including phenoxy) is 1. The summed E-state index contributed by atoms with van der Waals surface area (Å²) >= 11 is 0. The van der Waals surface area contributed by atoms with Crippen molar-refractivity contribution >= 4 is 23.2 Å². The van der Waals surface area contributed by atoms with Gasteiger partial charge < -0.3 is 20.8 Å². The predicted octanol–water partition coefficient (Wildman–Crippen LogP) is 4.39. The molecule has 0 fully saturated rings. The highest BCUT2D eigenvalue weighted by atomic mass is 19.1. The standard InChI is InChI=1S/C23H26FN7O2/c1-6-33-23(32)21-14(3)30-31(16(21)5)20-11-19(26-12-27-20)29-22(13(2)25)15(4)28-18-9-7-17(24)8-10-18/h7-12,25,28H,6H2,1-5H3,(H,26,27,29)/b22-15+,25-13?. The molecule has 1 aromatic carbocycles. The Bertz CT molecular complexity index is 1220. The lowest BCUT2D eigenvalue weighted by Gasteiger charge is -2.15. The van der Waals surface area contributed by atoms with Crippen LogP contribution in [-0.2, 0) is 4.74 Å². The second-order valence-corrected chi connectivity index (χ2v) is 7.32. The fraction of sp³-hybridized carbons (Fsp3) is 0.261. The van der Waals surface area contributed by atoms with Crippen LogP contribution < -0.4 is 10.6 Å². The quantitative estimate of drug-likeness (QED) is 0.343. The van der Waals surface area contributed by atoms with E-state index in [0.717, 1.165) is 0 Å². The third kappa shape index (κ3) is 5.40. The summed E-state index contributed by atoms with van der Waals surface area (Å²) in [5, 5.41) is 18.9. The van der Waals surface area contributed by atoms with E-state index in [2.05, 4.69) is 25.7 Å². The molecule has 0 saturated heterocycles. The van der Waals surface area contributed by atoms with Gasteiger partial charge in [0.15, 0.2) is 5.82 Å². The van der Waals surface area contributed by atoms with Gasteiger partial charge in [0.05, 0.1) is 29.4 Å². The Labute approximate surface area is 191 Å². The van der Waals surface area contributed by atoms with Crippen LogP contribution in [0, 0.1) is 25.1 Å². The molecule has 0 bridgehead atoms. The van der Waals surface area contributed by atoms with Gasteiger partial charge in [0, 0.05) is 17.5 Å². The van der Waals surface area contributed by atoms with E-state index in [1.165, 1.54) is 18.5 Å². The summed E-state index contributed by atoms with van der Waals surface area (Å²) in [5.74, 6) is 0.132. The molecule has 33 heavy (non-hydrogen) atoms. The third-order valence-electron chi connectivity index (χ3n) is 4.82. The molecule has 0 saturated carbocycles. The number of allylic oxidation sites excluding steroid dienone is 2. The van der Waals surface area contributed by atoms with Crippen LogP contribution in [0.5, 0.6) is 0 Å². The topological polar surface area (TPSA) is 118 Å². The van der Waals surface area contributed by atoms with Crippen molar-refractivity contribution in [2.75, 3.05) is 17.2 Å². The number of halogens is 1. The summed E-state index contributed by atoms with van der Waals surface area (Å²) < 4.78 is 19.9. The number of carbonyl (C=O) groups is 1. The van der Waals surface area contributed by atoms with Gasteiger partial charge in [-0.05, 0) is 58.9 Å². The van der Waals surface area contributed by atoms with Crippen LogP contribution in [0.4, 0.5) is 15.9 Å². The van der Waals surface area contributed by atoms with Crippen molar-refractivity contribution in [2.45, 2.75) is 34.6 Å². The largest absolute Gasteiger partial charge is 0.462 e. The molecule has 9 nitrogen and oxygen atoms in total. The van der Waals surface area contributed by atoms with Gasteiger partial charge in [0.25, 0.3) is 0 Å². The summed E-state index contributed by atoms with van der Waals surface area (Å²) in [6.07, 6.45) is 1.37. The van der Waals surface area contributed by atoms with Gasteiger partial charge in [0.1, 0.15) is 23.5 Å². The molecule has 172 valence electrons. The zero-order valence-corrected chi connectivity index (χ0v) is 19.2. The minimum atomic E-state index is -0.432. The monoisotopic (exact) mass is 451 g/mol. The van der Waals surface area contributed by atoms with Gasteiger partial charge in [-0.15, -0.1) is 0 Å². The maximum Gasteiger partial charge on any atom is 0.341 e. The van der Waals surface area contributed by atoms with Gasteiger partial charge in [-0.3, -0.25) is 0 Å². The van der Waals surface area contributed by atoms with E-state index in [0.29, 0.717) is 45.7 Å². The molecule has 0 radical (unpaired) electrons. The first-order valence-electron chi connectivity index (χ1n) is 10.3. The lowest BCUT2D eigenvalue weighted by atomic mass is 10.2. The third-order valence-corrected chi connectivity index (χ3v) is 4.82. The van der Waals surface area contributed by atoms with Crippen LogP contribution in [0.3, 0.4) is 0 Å². The predicted molar refractivity (Wildman–Crippen MR) is 124 cm³/mol. The molecule has 0 unspecified atom stereocenters. The van der Waals surface area contributed by atoms with E-state index in [1.54, 1.807) is 57.5 Å². The Morgan fingerprint density at radius 2 is 1.85 bits per heavy atom. The molecule has 10 heteroatoms. The number of carbonyl (C=O) groups excluding carboxylic acids is 1. The fourth-order valence-corrected chi connectivity index (χ4v) is 3.30. The molecule has 0 aliphatic rings. The Hall–Kier alpha value is -4.08. The van der Waals surface area contributed by atoms with E-state index < -0.39 is 5.97 Å². The molecule has 0 atom stereocenters. The van der Waals surface area contributed by atoms with E-state index in [4.69, 9.17) is 10.1 Å². The van der Waals surface area contributed by atoms with Crippen molar-refractivity contribution in [3.63, 3.8) is 0 Å². The number of aromatic nitrogens is 4. The van der Waals surface area contributed by atoms with Crippen LogP contribution >= 0.6 is 0 Å². The molecule has 2 heterocycles. The minimum Gasteiger partial charge on any atom is -0.462 e. The van der Waals surface area contributed by atoms with Crippen molar-refractivity contribution in [1.82, 2.24) is 19.7 Å². The van der Waals surface area contributed by atoms with E-state index in [-0.39, 0.29) is 18.1 Å². The normalized spacial score (nSPS) is 11.6. The van der Waals surface area contributed by atoms with Crippen molar-refractivity contribution in [2.24, 2.45) is 0 Å². The van der Waals surface area contributed by atoms with E-state index in [9.17, 15) is 9.18 Å². The number of anilines is 2. The zero-order chi connectivity index (χ0) is 24.1.